The van der Waals surface area contributed by atoms with Crippen LogP contribution >= 0.6 is 0 Å². The first-order valence-electron chi connectivity index (χ1n) is 6.05. The van der Waals surface area contributed by atoms with Crippen LogP contribution in [-0.4, -0.2) is 14.5 Å². The Morgan fingerprint density at radius 2 is 2.06 bits per heavy atom. The number of nitrogens with one attached hydrogen (secondary N) is 1. The summed E-state index contributed by atoms with van der Waals surface area (Å²) in [7, 11) is -3.68. The smallest absolute Gasteiger partial charge is 0.238 e. The largest absolute Gasteiger partial charge is 0.397 e. The van der Waals surface area contributed by atoms with Gasteiger partial charge < -0.3 is 11.1 Å². The fraction of sp³-hybridized carbons (Fsp3) is 0.500. The van der Waals surface area contributed by atoms with Gasteiger partial charge in [-0.05, 0) is 43.4 Å². The molecule has 2 rings (SSSR count). The van der Waals surface area contributed by atoms with Crippen molar-refractivity contribution >= 4 is 21.4 Å². The zero-order chi connectivity index (χ0) is 13.3. The second-order valence-electron chi connectivity index (χ2n) is 5.05. The fourth-order valence-electron chi connectivity index (χ4n) is 2.40. The molecule has 1 fully saturated rings. The Morgan fingerprint density at radius 3 is 2.61 bits per heavy atom. The van der Waals surface area contributed by atoms with E-state index in [4.69, 9.17) is 10.9 Å². The minimum Gasteiger partial charge on any atom is -0.397 e. The van der Waals surface area contributed by atoms with Crippen molar-refractivity contribution in [1.29, 1.82) is 0 Å². The Labute approximate surface area is 108 Å². The maximum absolute atomic E-state index is 11.3. The molecule has 5 N–H and O–H groups in total. The van der Waals surface area contributed by atoms with Gasteiger partial charge >= 0.3 is 0 Å². The molecule has 0 spiro atoms. The monoisotopic (exact) mass is 269 g/mol. The molecule has 5 nitrogen and oxygen atoms in total. The fourth-order valence-corrected chi connectivity index (χ4v) is 2.94. The molecule has 2 atom stereocenters. The van der Waals surface area contributed by atoms with Crippen molar-refractivity contribution in [1.82, 2.24) is 0 Å². The first-order chi connectivity index (χ1) is 8.36. The average Bonchev–Trinajstić information content (AvgIpc) is 2.66. The number of rotatable bonds is 3. The predicted molar refractivity (Wildman–Crippen MR) is 72.7 cm³/mol. The van der Waals surface area contributed by atoms with Gasteiger partial charge in [0, 0.05) is 6.04 Å². The quantitative estimate of drug-likeness (QED) is 0.724. The third-order valence-corrected chi connectivity index (χ3v) is 4.32. The molecule has 0 amide bonds. The van der Waals surface area contributed by atoms with Gasteiger partial charge in [0.25, 0.3) is 0 Å². The molecule has 0 aliphatic heterocycles. The summed E-state index contributed by atoms with van der Waals surface area (Å²) in [5.74, 6) is 0.699. The lowest BCUT2D eigenvalue weighted by Crippen LogP contribution is -2.18. The van der Waals surface area contributed by atoms with E-state index in [9.17, 15) is 8.42 Å². The minimum atomic E-state index is -3.68. The minimum absolute atomic E-state index is 0.0882. The maximum Gasteiger partial charge on any atom is 0.238 e. The van der Waals surface area contributed by atoms with E-state index in [-0.39, 0.29) is 4.90 Å². The molecule has 6 heteroatoms. The Bertz CT molecular complexity index is 542. The maximum atomic E-state index is 11.3. The molecule has 0 saturated heterocycles. The Morgan fingerprint density at radius 1 is 1.33 bits per heavy atom. The highest BCUT2D eigenvalue weighted by molar-refractivity contribution is 7.89. The van der Waals surface area contributed by atoms with Crippen LogP contribution in [0.2, 0.25) is 0 Å². The van der Waals surface area contributed by atoms with Crippen LogP contribution in [0.1, 0.15) is 26.2 Å². The van der Waals surface area contributed by atoms with Crippen LogP contribution < -0.4 is 16.2 Å². The third kappa shape index (κ3) is 2.94. The van der Waals surface area contributed by atoms with Crippen molar-refractivity contribution in [3.05, 3.63) is 18.2 Å². The molecule has 1 aromatic carbocycles. The molecule has 0 radical (unpaired) electrons. The zero-order valence-electron chi connectivity index (χ0n) is 10.4. The first kappa shape index (κ1) is 13.2. The van der Waals surface area contributed by atoms with E-state index in [1.807, 2.05) is 0 Å². The van der Waals surface area contributed by atoms with Crippen molar-refractivity contribution in [2.45, 2.75) is 37.1 Å². The van der Waals surface area contributed by atoms with E-state index in [1.54, 1.807) is 6.07 Å². The summed E-state index contributed by atoms with van der Waals surface area (Å²) in [6.45, 7) is 2.21. The van der Waals surface area contributed by atoms with Gasteiger partial charge in [0.15, 0.2) is 0 Å². The molecule has 1 aromatic rings. The molecular weight excluding hydrogens is 250 g/mol. The van der Waals surface area contributed by atoms with Crippen LogP contribution in [0, 0.1) is 5.92 Å². The number of sulfonamides is 1. The first-order valence-corrected chi connectivity index (χ1v) is 7.60. The zero-order valence-corrected chi connectivity index (χ0v) is 11.2. The van der Waals surface area contributed by atoms with E-state index in [1.165, 1.54) is 18.6 Å². The van der Waals surface area contributed by atoms with Gasteiger partial charge in [0.2, 0.25) is 10.0 Å². The predicted octanol–water partition coefficient (Wildman–Crippen LogP) is 1.52. The standard InChI is InChI=1S/C12H19N3O2S/c1-8-2-3-9(6-8)15-12-7-10(18(14,16)17)4-5-11(12)13/h4-5,7-9,15H,2-3,6,13H2,1H3,(H2,14,16,17). The average molecular weight is 269 g/mol. The third-order valence-electron chi connectivity index (χ3n) is 3.41. The van der Waals surface area contributed by atoms with E-state index < -0.39 is 10.0 Å². The molecule has 1 saturated carbocycles. The van der Waals surface area contributed by atoms with Gasteiger partial charge in [-0.2, -0.15) is 0 Å². The van der Waals surface area contributed by atoms with E-state index in [0.717, 1.165) is 12.8 Å². The summed E-state index contributed by atoms with van der Waals surface area (Å²) in [4.78, 5) is 0.0882. The SMILES string of the molecule is CC1CCC(Nc2cc(S(N)(=O)=O)ccc2N)C1. The molecule has 0 bridgehead atoms. The summed E-state index contributed by atoms with van der Waals surface area (Å²) in [6, 6.07) is 4.86. The molecule has 100 valence electrons. The molecule has 0 aromatic heterocycles. The summed E-state index contributed by atoms with van der Waals surface area (Å²) < 4.78 is 22.6. The summed E-state index contributed by atoms with van der Waals surface area (Å²) in [6.07, 6.45) is 3.35. The van der Waals surface area contributed by atoms with Crippen molar-refractivity contribution in [3.63, 3.8) is 0 Å². The Balaban J connectivity index is 2.22. The van der Waals surface area contributed by atoms with Crippen LogP contribution in [0.25, 0.3) is 0 Å². The number of nitrogens with two attached hydrogens (primary N) is 2. The van der Waals surface area contributed by atoms with Crippen LogP contribution in [0.4, 0.5) is 11.4 Å². The van der Waals surface area contributed by atoms with Crippen LogP contribution in [-0.2, 0) is 10.0 Å². The normalized spacial score (nSPS) is 24.1. The lowest BCUT2D eigenvalue weighted by atomic mass is 10.1. The van der Waals surface area contributed by atoms with Gasteiger partial charge in [-0.1, -0.05) is 6.92 Å². The summed E-state index contributed by atoms with van der Waals surface area (Å²) >= 11 is 0. The Kier molecular flexibility index (Phi) is 3.49. The molecular formula is C12H19N3O2S. The van der Waals surface area contributed by atoms with Crippen molar-refractivity contribution < 1.29 is 8.42 Å². The number of hydrogen-bond acceptors (Lipinski definition) is 4. The molecule has 1 aliphatic rings. The Hall–Kier alpha value is -1.27. The number of nitrogen functional groups attached to an aromatic ring is 1. The van der Waals surface area contributed by atoms with Crippen LogP contribution in [0.3, 0.4) is 0 Å². The number of benzene rings is 1. The highest BCUT2D eigenvalue weighted by Gasteiger charge is 2.22. The molecule has 1 aliphatic carbocycles. The van der Waals surface area contributed by atoms with Gasteiger partial charge in [-0.15, -0.1) is 0 Å². The van der Waals surface area contributed by atoms with E-state index >= 15 is 0 Å². The highest BCUT2D eigenvalue weighted by Crippen LogP contribution is 2.30. The number of anilines is 2. The van der Waals surface area contributed by atoms with Gasteiger partial charge in [0.1, 0.15) is 0 Å². The van der Waals surface area contributed by atoms with Crippen molar-refractivity contribution in [3.8, 4) is 0 Å². The van der Waals surface area contributed by atoms with Crippen LogP contribution in [0.5, 0.6) is 0 Å². The second kappa shape index (κ2) is 4.78. The van der Waals surface area contributed by atoms with Gasteiger partial charge in [0.05, 0.1) is 16.3 Å². The lowest BCUT2D eigenvalue weighted by Gasteiger charge is -2.16. The summed E-state index contributed by atoms with van der Waals surface area (Å²) in [5, 5.41) is 8.42. The lowest BCUT2D eigenvalue weighted by molar-refractivity contribution is 0.597. The van der Waals surface area contributed by atoms with Crippen molar-refractivity contribution in [2.24, 2.45) is 11.1 Å². The molecule has 18 heavy (non-hydrogen) atoms. The van der Waals surface area contributed by atoms with Crippen LogP contribution in [0.15, 0.2) is 23.1 Å². The van der Waals surface area contributed by atoms with Crippen molar-refractivity contribution in [2.75, 3.05) is 11.1 Å². The highest BCUT2D eigenvalue weighted by atomic mass is 32.2. The topological polar surface area (TPSA) is 98.2 Å². The van der Waals surface area contributed by atoms with Gasteiger partial charge in [-0.3, -0.25) is 0 Å². The number of primary sulfonamides is 1. The molecule has 2 unspecified atom stereocenters. The van der Waals surface area contributed by atoms with Gasteiger partial charge in [-0.25, -0.2) is 13.6 Å². The summed E-state index contributed by atoms with van der Waals surface area (Å²) in [5.41, 5.74) is 7.04. The molecule has 0 heterocycles. The van der Waals surface area contributed by atoms with E-state index in [2.05, 4.69) is 12.2 Å². The number of hydrogen-bond donors (Lipinski definition) is 3. The van der Waals surface area contributed by atoms with E-state index in [0.29, 0.717) is 23.3 Å². The second-order valence-corrected chi connectivity index (χ2v) is 6.61.